The Balaban J connectivity index is 1.75. The molecule has 1 saturated heterocycles. The summed E-state index contributed by atoms with van der Waals surface area (Å²) in [4.78, 5) is 4.14. The van der Waals surface area contributed by atoms with Crippen molar-refractivity contribution in [2.45, 2.75) is 59.0 Å². The van der Waals surface area contributed by atoms with Gasteiger partial charge in [-0.3, -0.25) is 0 Å². The van der Waals surface area contributed by atoms with Crippen LogP contribution in [0.25, 0.3) is 0 Å². The van der Waals surface area contributed by atoms with Crippen LogP contribution in [0.15, 0.2) is 36.9 Å². The first-order chi connectivity index (χ1) is 11.5. The van der Waals surface area contributed by atoms with Gasteiger partial charge in [0.15, 0.2) is 5.79 Å². The summed E-state index contributed by atoms with van der Waals surface area (Å²) in [5, 5.41) is 0. The summed E-state index contributed by atoms with van der Waals surface area (Å²) in [6, 6.07) is 6.72. The van der Waals surface area contributed by atoms with E-state index in [9.17, 15) is 0 Å². The van der Waals surface area contributed by atoms with Crippen molar-refractivity contribution in [3.8, 4) is 0 Å². The zero-order chi connectivity index (χ0) is 17.2. The highest BCUT2D eigenvalue weighted by Crippen LogP contribution is 2.33. The molecule has 2 aromatic rings. The van der Waals surface area contributed by atoms with E-state index in [-0.39, 0.29) is 6.10 Å². The Labute approximate surface area is 144 Å². The maximum atomic E-state index is 6.40. The number of benzene rings is 1. The molecule has 1 aromatic carbocycles. The van der Waals surface area contributed by atoms with Crippen molar-refractivity contribution in [2.24, 2.45) is 5.92 Å². The van der Waals surface area contributed by atoms with Crippen LogP contribution in [0.4, 0.5) is 0 Å². The number of aryl methyl sites for hydroxylation is 3. The van der Waals surface area contributed by atoms with Crippen molar-refractivity contribution < 1.29 is 9.47 Å². The molecule has 2 atom stereocenters. The van der Waals surface area contributed by atoms with Crippen molar-refractivity contribution >= 4 is 0 Å². The van der Waals surface area contributed by atoms with Gasteiger partial charge in [-0.05, 0) is 31.7 Å². The van der Waals surface area contributed by atoms with Gasteiger partial charge in [0.2, 0.25) is 0 Å². The van der Waals surface area contributed by atoms with Gasteiger partial charge in [0.25, 0.3) is 0 Å². The van der Waals surface area contributed by atoms with Crippen molar-refractivity contribution in [1.82, 2.24) is 9.55 Å². The summed E-state index contributed by atoms with van der Waals surface area (Å²) in [5.74, 6) is -0.108. The van der Waals surface area contributed by atoms with E-state index in [1.54, 1.807) is 6.20 Å². The lowest BCUT2D eigenvalue weighted by Gasteiger charge is -2.29. The number of hydrogen-bond donors (Lipinski definition) is 0. The number of rotatable bonds is 6. The molecule has 4 heteroatoms. The third kappa shape index (κ3) is 4.05. The highest BCUT2D eigenvalue weighted by Gasteiger charge is 2.42. The van der Waals surface area contributed by atoms with Gasteiger partial charge in [-0.2, -0.15) is 0 Å². The quantitative estimate of drug-likeness (QED) is 0.807. The van der Waals surface area contributed by atoms with E-state index < -0.39 is 5.79 Å². The minimum Gasteiger partial charge on any atom is -0.345 e. The topological polar surface area (TPSA) is 36.3 Å². The fourth-order valence-electron chi connectivity index (χ4n) is 3.41. The Bertz CT molecular complexity index is 646. The van der Waals surface area contributed by atoms with E-state index in [1.165, 1.54) is 16.7 Å². The zero-order valence-electron chi connectivity index (χ0n) is 15.2. The molecule has 130 valence electrons. The molecule has 0 aliphatic carbocycles. The molecule has 1 aliphatic heterocycles. The number of imidazole rings is 1. The van der Waals surface area contributed by atoms with Crippen LogP contribution in [0.3, 0.4) is 0 Å². The second-order valence-corrected chi connectivity index (χ2v) is 7.35. The molecule has 0 bridgehead atoms. The molecule has 0 amide bonds. The van der Waals surface area contributed by atoms with E-state index in [0.29, 0.717) is 19.1 Å². The van der Waals surface area contributed by atoms with Crippen LogP contribution in [0, 0.1) is 19.8 Å². The van der Waals surface area contributed by atoms with Crippen molar-refractivity contribution in [1.29, 1.82) is 0 Å². The van der Waals surface area contributed by atoms with Crippen LogP contribution in [0.1, 0.15) is 37.0 Å². The van der Waals surface area contributed by atoms with Crippen molar-refractivity contribution in [3.63, 3.8) is 0 Å². The summed E-state index contributed by atoms with van der Waals surface area (Å²) in [5.41, 5.74) is 3.96. The number of ether oxygens (including phenoxy) is 2. The first kappa shape index (κ1) is 17.2. The SMILES string of the molecule is Cc1cc(C)cc(CCC2(Cn3ccnc3)OCC(C(C)C)O2)c1. The largest absolute Gasteiger partial charge is 0.345 e. The van der Waals surface area contributed by atoms with E-state index in [4.69, 9.17) is 9.47 Å². The number of nitrogens with zero attached hydrogens (tertiary/aromatic N) is 2. The lowest BCUT2D eigenvalue weighted by Crippen LogP contribution is -2.37. The fourth-order valence-corrected chi connectivity index (χ4v) is 3.41. The fraction of sp³-hybridized carbons (Fsp3) is 0.550. The molecule has 2 unspecified atom stereocenters. The van der Waals surface area contributed by atoms with E-state index >= 15 is 0 Å². The standard InChI is InChI=1S/C20H28N2O2/c1-15(2)19-12-23-20(24-19,13-22-8-7-21-14-22)6-5-18-10-16(3)9-17(4)11-18/h7-11,14-15,19H,5-6,12-13H2,1-4H3. The van der Waals surface area contributed by atoms with Gasteiger partial charge in [-0.15, -0.1) is 0 Å². The Morgan fingerprint density at radius 1 is 1.25 bits per heavy atom. The average Bonchev–Trinajstić information content (AvgIpc) is 3.15. The predicted molar refractivity (Wildman–Crippen MR) is 94.9 cm³/mol. The third-order valence-corrected chi connectivity index (χ3v) is 4.68. The van der Waals surface area contributed by atoms with Gasteiger partial charge in [0.05, 0.1) is 25.6 Å². The van der Waals surface area contributed by atoms with E-state index in [2.05, 4.69) is 50.9 Å². The first-order valence-corrected chi connectivity index (χ1v) is 8.80. The molecule has 0 saturated carbocycles. The molecule has 1 fully saturated rings. The maximum absolute atomic E-state index is 6.40. The average molecular weight is 328 g/mol. The lowest BCUT2D eigenvalue weighted by atomic mass is 10.00. The number of aromatic nitrogens is 2. The summed E-state index contributed by atoms with van der Waals surface area (Å²) >= 11 is 0. The molecule has 0 N–H and O–H groups in total. The van der Waals surface area contributed by atoms with Crippen molar-refractivity contribution in [2.75, 3.05) is 6.61 Å². The number of hydrogen-bond acceptors (Lipinski definition) is 3. The smallest absolute Gasteiger partial charge is 0.187 e. The molecule has 4 nitrogen and oxygen atoms in total. The third-order valence-electron chi connectivity index (χ3n) is 4.68. The Morgan fingerprint density at radius 2 is 2.00 bits per heavy atom. The Kier molecular flexibility index (Phi) is 5.07. The van der Waals surface area contributed by atoms with Gasteiger partial charge in [-0.1, -0.05) is 43.2 Å². The molecule has 1 aromatic heterocycles. The summed E-state index contributed by atoms with van der Waals surface area (Å²) < 4.78 is 14.6. The highest BCUT2D eigenvalue weighted by molar-refractivity contribution is 5.28. The molecular formula is C20H28N2O2. The van der Waals surface area contributed by atoms with Gasteiger partial charge in [0.1, 0.15) is 0 Å². The Morgan fingerprint density at radius 3 is 2.58 bits per heavy atom. The minimum absolute atomic E-state index is 0.160. The van der Waals surface area contributed by atoms with Crippen LogP contribution >= 0.6 is 0 Å². The molecular weight excluding hydrogens is 300 g/mol. The summed E-state index contributed by atoms with van der Waals surface area (Å²) in [6.45, 7) is 10.0. The first-order valence-electron chi connectivity index (χ1n) is 8.80. The van der Waals surface area contributed by atoms with Gasteiger partial charge in [0, 0.05) is 18.8 Å². The molecule has 3 rings (SSSR count). The zero-order valence-corrected chi connectivity index (χ0v) is 15.2. The van der Waals surface area contributed by atoms with Crippen LogP contribution in [0.5, 0.6) is 0 Å². The van der Waals surface area contributed by atoms with Crippen molar-refractivity contribution in [3.05, 3.63) is 53.6 Å². The molecule has 24 heavy (non-hydrogen) atoms. The van der Waals surface area contributed by atoms with E-state index in [0.717, 1.165) is 12.8 Å². The summed E-state index contributed by atoms with van der Waals surface area (Å²) in [6.07, 6.45) is 7.54. The van der Waals surface area contributed by atoms with Gasteiger partial charge >= 0.3 is 0 Å². The maximum Gasteiger partial charge on any atom is 0.187 e. The molecule has 2 heterocycles. The lowest BCUT2D eigenvalue weighted by molar-refractivity contribution is -0.185. The van der Waals surface area contributed by atoms with Gasteiger partial charge < -0.3 is 14.0 Å². The predicted octanol–water partition coefficient (Wildman–Crippen LogP) is 3.90. The Hall–Kier alpha value is -1.65. The van der Waals surface area contributed by atoms with Gasteiger partial charge in [-0.25, -0.2) is 4.98 Å². The van der Waals surface area contributed by atoms with Crippen LogP contribution < -0.4 is 0 Å². The molecule has 0 radical (unpaired) electrons. The second-order valence-electron chi connectivity index (χ2n) is 7.35. The van der Waals surface area contributed by atoms with Crippen LogP contribution in [0.2, 0.25) is 0 Å². The second kappa shape index (κ2) is 7.08. The normalized spacial score (nSPS) is 24.0. The minimum atomic E-state index is -0.562. The van der Waals surface area contributed by atoms with E-state index in [1.807, 2.05) is 17.1 Å². The highest BCUT2D eigenvalue weighted by atomic mass is 16.7. The molecule has 1 aliphatic rings. The van der Waals surface area contributed by atoms with Crippen LogP contribution in [-0.4, -0.2) is 28.0 Å². The van der Waals surface area contributed by atoms with Crippen LogP contribution in [-0.2, 0) is 22.4 Å². The summed E-state index contributed by atoms with van der Waals surface area (Å²) in [7, 11) is 0. The molecule has 0 spiro atoms. The monoisotopic (exact) mass is 328 g/mol.